The van der Waals surface area contributed by atoms with E-state index in [4.69, 9.17) is 0 Å². The molecule has 1 saturated heterocycles. The topological polar surface area (TPSA) is 39.1 Å². The number of rotatable bonds is 5. The first-order valence-electron chi connectivity index (χ1n) is 8.19. The first-order chi connectivity index (χ1) is 10.2. The number of hydrogen-bond acceptors (Lipinski definition) is 3. The summed E-state index contributed by atoms with van der Waals surface area (Å²) in [5.74, 6) is 0.825. The van der Waals surface area contributed by atoms with Crippen molar-refractivity contribution in [2.24, 2.45) is 5.92 Å². The summed E-state index contributed by atoms with van der Waals surface area (Å²) < 4.78 is 0. The molecule has 0 aromatic heterocycles. The second-order valence-electron chi connectivity index (χ2n) is 6.76. The summed E-state index contributed by atoms with van der Waals surface area (Å²) in [6.07, 6.45) is 4.90. The highest BCUT2D eigenvalue weighted by atomic mass is 15.2. The Morgan fingerprint density at radius 2 is 1.86 bits per heavy atom. The van der Waals surface area contributed by atoms with Crippen LogP contribution in [0.1, 0.15) is 38.2 Å². The van der Waals surface area contributed by atoms with E-state index >= 15 is 0 Å². The SMILES string of the molecule is CC1CCN(CC(C#N)(NC2CC2)c2ccccc2)CC1. The Balaban J connectivity index is 1.80. The standard InChI is InChI=1S/C18H25N3/c1-15-9-11-21(12-10-15)14-18(13-19,20-17-7-8-17)16-5-3-2-4-6-16/h2-6,15,17,20H,7-12,14H2,1H3. The molecule has 112 valence electrons. The van der Waals surface area contributed by atoms with E-state index in [1.807, 2.05) is 18.2 Å². The van der Waals surface area contributed by atoms with Crippen molar-refractivity contribution >= 4 is 0 Å². The highest BCUT2D eigenvalue weighted by Gasteiger charge is 2.39. The summed E-state index contributed by atoms with van der Waals surface area (Å²) in [7, 11) is 0. The van der Waals surface area contributed by atoms with Crippen LogP contribution in [0.3, 0.4) is 0 Å². The average molecular weight is 283 g/mol. The molecule has 1 atom stereocenters. The van der Waals surface area contributed by atoms with Gasteiger partial charge in [0, 0.05) is 12.6 Å². The molecule has 3 nitrogen and oxygen atoms in total. The van der Waals surface area contributed by atoms with Gasteiger partial charge < -0.3 is 4.90 Å². The third-order valence-electron chi connectivity index (χ3n) is 4.82. The minimum absolute atomic E-state index is 0.522. The lowest BCUT2D eigenvalue weighted by Gasteiger charge is -2.37. The second-order valence-corrected chi connectivity index (χ2v) is 6.76. The molecule has 0 radical (unpaired) electrons. The Morgan fingerprint density at radius 1 is 1.19 bits per heavy atom. The quantitative estimate of drug-likeness (QED) is 0.903. The van der Waals surface area contributed by atoms with Crippen LogP contribution >= 0.6 is 0 Å². The van der Waals surface area contributed by atoms with Gasteiger partial charge in [0.1, 0.15) is 5.54 Å². The molecule has 0 bridgehead atoms. The molecule has 0 spiro atoms. The van der Waals surface area contributed by atoms with E-state index in [-0.39, 0.29) is 0 Å². The molecule has 3 heteroatoms. The van der Waals surface area contributed by atoms with E-state index in [1.54, 1.807) is 0 Å². The summed E-state index contributed by atoms with van der Waals surface area (Å²) in [5.41, 5.74) is 0.557. The Morgan fingerprint density at radius 3 is 2.43 bits per heavy atom. The van der Waals surface area contributed by atoms with Crippen LogP contribution in [0.2, 0.25) is 0 Å². The van der Waals surface area contributed by atoms with Gasteiger partial charge in [-0.2, -0.15) is 5.26 Å². The zero-order valence-electron chi connectivity index (χ0n) is 12.9. The van der Waals surface area contributed by atoms with Crippen molar-refractivity contribution in [3.05, 3.63) is 35.9 Å². The minimum atomic E-state index is -0.553. The highest BCUT2D eigenvalue weighted by Crippen LogP contribution is 2.30. The van der Waals surface area contributed by atoms with Crippen LogP contribution in [-0.2, 0) is 5.54 Å². The maximum absolute atomic E-state index is 9.95. The molecule has 1 aromatic carbocycles. The third-order valence-corrected chi connectivity index (χ3v) is 4.82. The van der Waals surface area contributed by atoms with Crippen LogP contribution in [0.15, 0.2) is 30.3 Å². The Kier molecular flexibility index (Phi) is 4.28. The summed E-state index contributed by atoms with van der Waals surface area (Å²) in [6.45, 7) is 5.36. The lowest BCUT2D eigenvalue weighted by atomic mass is 9.89. The summed E-state index contributed by atoms with van der Waals surface area (Å²) >= 11 is 0. The van der Waals surface area contributed by atoms with Crippen molar-refractivity contribution in [2.75, 3.05) is 19.6 Å². The van der Waals surface area contributed by atoms with Crippen molar-refractivity contribution in [1.82, 2.24) is 10.2 Å². The maximum atomic E-state index is 9.95. The first kappa shape index (κ1) is 14.6. The Labute approximate surface area is 128 Å². The van der Waals surface area contributed by atoms with Crippen molar-refractivity contribution in [3.63, 3.8) is 0 Å². The predicted molar refractivity (Wildman–Crippen MR) is 84.7 cm³/mol. The number of piperidine rings is 1. The number of nitriles is 1. The van der Waals surface area contributed by atoms with E-state index in [1.165, 1.54) is 25.7 Å². The lowest BCUT2D eigenvalue weighted by Crippen LogP contribution is -2.52. The van der Waals surface area contributed by atoms with E-state index < -0.39 is 5.54 Å². The van der Waals surface area contributed by atoms with Crippen LogP contribution in [0.25, 0.3) is 0 Å². The van der Waals surface area contributed by atoms with Gasteiger partial charge in [0.2, 0.25) is 0 Å². The molecular formula is C18H25N3. The van der Waals surface area contributed by atoms with Gasteiger partial charge in [-0.1, -0.05) is 37.3 Å². The molecule has 21 heavy (non-hydrogen) atoms. The van der Waals surface area contributed by atoms with Gasteiger partial charge in [0.05, 0.1) is 6.07 Å². The van der Waals surface area contributed by atoms with Crippen molar-refractivity contribution in [3.8, 4) is 6.07 Å². The number of nitrogens with one attached hydrogen (secondary N) is 1. The fraction of sp³-hybridized carbons (Fsp3) is 0.611. The summed E-state index contributed by atoms with van der Waals surface area (Å²) in [5, 5.41) is 13.6. The van der Waals surface area contributed by atoms with Crippen molar-refractivity contribution < 1.29 is 0 Å². The molecule has 1 saturated carbocycles. The minimum Gasteiger partial charge on any atom is -0.300 e. The van der Waals surface area contributed by atoms with Crippen LogP contribution in [0.5, 0.6) is 0 Å². The zero-order chi connectivity index (χ0) is 14.7. The molecule has 2 aliphatic rings. The van der Waals surface area contributed by atoms with Gasteiger partial charge in [-0.15, -0.1) is 0 Å². The number of hydrogen-bond donors (Lipinski definition) is 1. The number of benzene rings is 1. The van der Waals surface area contributed by atoms with E-state index in [9.17, 15) is 5.26 Å². The van der Waals surface area contributed by atoms with E-state index in [2.05, 4.69) is 35.3 Å². The predicted octanol–water partition coefficient (Wildman–Crippen LogP) is 2.89. The first-order valence-corrected chi connectivity index (χ1v) is 8.19. The van der Waals surface area contributed by atoms with Gasteiger partial charge >= 0.3 is 0 Å². The third kappa shape index (κ3) is 3.45. The number of nitrogens with zero attached hydrogens (tertiary/aromatic N) is 2. The molecule has 0 amide bonds. The smallest absolute Gasteiger partial charge is 0.145 e. The van der Waals surface area contributed by atoms with Crippen LogP contribution in [0, 0.1) is 17.2 Å². The average Bonchev–Trinajstić information content (AvgIpc) is 3.33. The number of likely N-dealkylation sites (tertiary alicyclic amines) is 1. The van der Waals surface area contributed by atoms with Gasteiger partial charge in [0.15, 0.2) is 0 Å². The van der Waals surface area contributed by atoms with Gasteiger partial charge in [0.25, 0.3) is 0 Å². The fourth-order valence-electron chi connectivity index (χ4n) is 3.21. The monoisotopic (exact) mass is 283 g/mol. The van der Waals surface area contributed by atoms with Crippen LogP contribution < -0.4 is 5.32 Å². The van der Waals surface area contributed by atoms with Crippen LogP contribution in [0.4, 0.5) is 0 Å². The molecule has 2 fully saturated rings. The van der Waals surface area contributed by atoms with Crippen LogP contribution in [-0.4, -0.2) is 30.6 Å². The van der Waals surface area contributed by atoms with Gasteiger partial charge in [-0.25, -0.2) is 0 Å². The van der Waals surface area contributed by atoms with Crippen molar-refractivity contribution in [1.29, 1.82) is 5.26 Å². The fourth-order valence-corrected chi connectivity index (χ4v) is 3.21. The Bertz CT molecular complexity index is 495. The maximum Gasteiger partial charge on any atom is 0.145 e. The van der Waals surface area contributed by atoms with Gasteiger partial charge in [-0.05, 0) is 50.3 Å². The normalized spacial score (nSPS) is 23.4. The molecule has 1 N–H and O–H groups in total. The van der Waals surface area contributed by atoms with E-state index in [0.717, 1.165) is 31.1 Å². The van der Waals surface area contributed by atoms with Gasteiger partial charge in [-0.3, -0.25) is 5.32 Å². The summed E-state index contributed by atoms with van der Waals surface area (Å²) in [6, 6.07) is 13.4. The highest BCUT2D eigenvalue weighted by molar-refractivity contribution is 5.33. The second kappa shape index (κ2) is 6.17. The molecule has 1 aliphatic heterocycles. The van der Waals surface area contributed by atoms with E-state index in [0.29, 0.717) is 6.04 Å². The molecular weight excluding hydrogens is 258 g/mol. The zero-order valence-corrected chi connectivity index (χ0v) is 12.9. The molecule has 1 heterocycles. The molecule has 1 unspecified atom stereocenters. The molecule has 1 aliphatic carbocycles. The molecule has 1 aromatic rings. The molecule has 3 rings (SSSR count). The Hall–Kier alpha value is -1.37. The lowest BCUT2D eigenvalue weighted by molar-refractivity contribution is 0.155. The van der Waals surface area contributed by atoms with Crippen molar-refractivity contribution in [2.45, 2.75) is 44.2 Å². The largest absolute Gasteiger partial charge is 0.300 e. The summed E-state index contributed by atoms with van der Waals surface area (Å²) in [4.78, 5) is 2.46.